The van der Waals surface area contributed by atoms with Crippen LogP contribution in [0.2, 0.25) is 0 Å². The Morgan fingerprint density at radius 2 is 0.900 bits per heavy atom. The van der Waals surface area contributed by atoms with Gasteiger partial charge in [-0.3, -0.25) is 18.6 Å². The van der Waals surface area contributed by atoms with Crippen LogP contribution in [0.25, 0.3) is 0 Å². The van der Waals surface area contributed by atoms with E-state index in [4.69, 9.17) is 18.5 Å². The molecule has 0 heterocycles. The van der Waals surface area contributed by atoms with E-state index in [0.717, 1.165) is 38.5 Å². The number of phosphoric ester groups is 1. The summed E-state index contributed by atoms with van der Waals surface area (Å²) in [5.41, 5.74) is 0. The van der Waals surface area contributed by atoms with Crippen LogP contribution >= 0.6 is 7.82 Å². The lowest BCUT2D eigenvalue weighted by molar-refractivity contribution is -0.870. The fraction of sp³-hybridized carbons (Fsp3) is 0.880. The Balaban J connectivity index is 3.97. The molecule has 0 amide bonds. The minimum absolute atomic E-state index is 0.0343. The van der Waals surface area contributed by atoms with Gasteiger partial charge in [0.1, 0.15) is 19.8 Å². The van der Waals surface area contributed by atoms with Gasteiger partial charge >= 0.3 is 19.8 Å². The first-order valence-corrected chi connectivity index (χ1v) is 26.6. The van der Waals surface area contributed by atoms with Gasteiger partial charge in [-0.2, -0.15) is 0 Å². The van der Waals surface area contributed by atoms with Gasteiger partial charge in [0.25, 0.3) is 0 Å². The zero-order valence-electron chi connectivity index (χ0n) is 40.0. The Hall–Kier alpha value is -1.51. The molecule has 0 aromatic carbocycles. The molecular formula is C50H97NO8P+. The Morgan fingerprint density at radius 3 is 1.32 bits per heavy atom. The number of hydrogen-bond acceptors (Lipinski definition) is 7. The van der Waals surface area contributed by atoms with Crippen molar-refractivity contribution in [3.8, 4) is 0 Å². The second-order valence-electron chi connectivity index (χ2n) is 18.2. The lowest BCUT2D eigenvalue weighted by Crippen LogP contribution is -2.37. The highest BCUT2D eigenvalue weighted by molar-refractivity contribution is 7.47. The summed E-state index contributed by atoms with van der Waals surface area (Å²) in [4.78, 5) is 35.2. The average Bonchev–Trinajstić information content (AvgIpc) is 3.20. The number of unbranched alkanes of at least 4 members (excludes halogenated alkanes) is 28. The fourth-order valence-corrected chi connectivity index (χ4v) is 7.79. The van der Waals surface area contributed by atoms with Crippen molar-refractivity contribution in [1.29, 1.82) is 0 Å². The molecule has 0 fully saturated rings. The standard InChI is InChI=1S/C50H96NO8P/c1-6-8-10-12-14-15-16-17-18-19-20-21-22-23-24-25-26-27-28-29-30-31-32-33-34-35-37-39-41-43-50(53)59-48(47-58-60(54,55)57-45-44-51(3,4)5)46-56-49(52)42-40-38-36-13-11-9-7-2/h16-17,19-20,48H,6-15,18,21-47H2,1-5H3/p+1/b17-16-,20-19-. The molecule has 0 bridgehead atoms. The number of carbonyl (C=O) groups excluding carboxylic acids is 2. The zero-order valence-corrected chi connectivity index (χ0v) is 40.9. The molecule has 1 N–H and O–H groups in total. The number of rotatable bonds is 46. The Bertz CT molecular complexity index is 1070. The van der Waals surface area contributed by atoms with Crippen molar-refractivity contribution >= 4 is 19.8 Å². The predicted molar refractivity (Wildman–Crippen MR) is 252 cm³/mol. The highest BCUT2D eigenvalue weighted by Crippen LogP contribution is 2.43. The third-order valence-electron chi connectivity index (χ3n) is 11.0. The number of carbonyl (C=O) groups is 2. The third kappa shape index (κ3) is 46.0. The van der Waals surface area contributed by atoms with Gasteiger partial charge in [-0.05, 0) is 44.9 Å². The van der Waals surface area contributed by atoms with E-state index >= 15 is 0 Å². The van der Waals surface area contributed by atoms with Crippen LogP contribution in [0.3, 0.4) is 0 Å². The molecule has 0 saturated heterocycles. The molecule has 0 aliphatic heterocycles. The molecule has 0 aliphatic rings. The van der Waals surface area contributed by atoms with E-state index < -0.39 is 26.5 Å². The molecule has 0 saturated carbocycles. The lowest BCUT2D eigenvalue weighted by Gasteiger charge is -2.24. The van der Waals surface area contributed by atoms with Crippen LogP contribution in [-0.4, -0.2) is 74.9 Å². The second kappa shape index (κ2) is 42.8. The maximum absolute atomic E-state index is 12.7. The van der Waals surface area contributed by atoms with Crippen molar-refractivity contribution in [3.05, 3.63) is 24.3 Å². The summed E-state index contributed by atoms with van der Waals surface area (Å²) in [7, 11) is 1.49. The molecule has 9 nitrogen and oxygen atoms in total. The van der Waals surface area contributed by atoms with Crippen LogP contribution in [-0.2, 0) is 32.7 Å². The van der Waals surface area contributed by atoms with E-state index in [1.807, 2.05) is 21.1 Å². The van der Waals surface area contributed by atoms with Gasteiger partial charge < -0.3 is 18.9 Å². The minimum Gasteiger partial charge on any atom is -0.462 e. The number of nitrogens with zero attached hydrogens (tertiary/aromatic N) is 1. The number of esters is 2. The van der Waals surface area contributed by atoms with Crippen LogP contribution in [0.4, 0.5) is 0 Å². The van der Waals surface area contributed by atoms with E-state index in [1.54, 1.807) is 0 Å². The molecule has 354 valence electrons. The first kappa shape index (κ1) is 58.5. The largest absolute Gasteiger partial charge is 0.472 e. The predicted octanol–water partition coefficient (Wildman–Crippen LogP) is 14.7. The molecule has 0 spiro atoms. The van der Waals surface area contributed by atoms with E-state index in [9.17, 15) is 19.0 Å². The van der Waals surface area contributed by atoms with Crippen molar-refractivity contribution in [2.24, 2.45) is 0 Å². The van der Waals surface area contributed by atoms with Gasteiger partial charge in [-0.25, -0.2) is 4.57 Å². The second-order valence-corrected chi connectivity index (χ2v) is 19.7. The number of allylic oxidation sites excluding steroid dienone is 4. The molecule has 0 radical (unpaired) electrons. The Labute approximate surface area is 370 Å². The van der Waals surface area contributed by atoms with Crippen molar-refractivity contribution < 1.29 is 42.1 Å². The Kier molecular flexibility index (Phi) is 41.7. The van der Waals surface area contributed by atoms with Crippen molar-refractivity contribution in [1.82, 2.24) is 0 Å². The van der Waals surface area contributed by atoms with Crippen LogP contribution in [0, 0.1) is 0 Å². The molecule has 0 aromatic rings. The smallest absolute Gasteiger partial charge is 0.462 e. The molecule has 0 aliphatic carbocycles. The highest BCUT2D eigenvalue weighted by Gasteiger charge is 2.27. The first-order chi connectivity index (χ1) is 29.0. The van der Waals surface area contributed by atoms with E-state index in [2.05, 4.69) is 38.2 Å². The number of ether oxygens (including phenoxy) is 2. The van der Waals surface area contributed by atoms with Gasteiger partial charge in [0.15, 0.2) is 6.10 Å². The first-order valence-electron chi connectivity index (χ1n) is 25.1. The maximum Gasteiger partial charge on any atom is 0.472 e. The molecule has 2 unspecified atom stereocenters. The van der Waals surface area contributed by atoms with E-state index in [1.165, 1.54) is 161 Å². The van der Waals surface area contributed by atoms with Crippen LogP contribution in [0.5, 0.6) is 0 Å². The monoisotopic (exact) mass is 871 g/mol. The van der Waals surface area contributed by atoms with Gasteiger partial charge in [-0.15, -0.1) is 0 Å². The molecule has 2 atom stereocenters. The van der Waals surface area contributed by atoms with Crippen LogP contribution in [0.15, 0.2) is 24.3 Å². The number of phosphoric acid groups is 1. The molecular weight excluding hydrogens is 774 g/mol. The summed E-state index contributed by atoms with van der Waals surface area (Å²) in [5, 5.41) is 0. The summed E-state index contributed by atoms with van der Waals surface area (Å²) in [6.07, 6.45) is 48.4. The third-order valence-corrected chi connectivity index (χ3v) is 12.0. The van der Waals surface area contributed by atoms with Crippen LogP contribution < -0.4 is 0 Å². The van der Waals surface area contributed by atoms with E-state index in [0.29, 0.717) is 23.9 Å². The van der Waals surface area contributed by atoms with Gasteiger partial charge in [0.2, 0.25) is 0 Å². The summed E-state index contributed by atoms with van der Waals surface area (Å²) >= 11 is 0. The number of hydrogen-bond donors (Lipinski definition) is 1. The fourth-order valence-electron chi connectivity index (χ4n) is 7.05. The highest BCUT2D eigenvalue weighted by atomic mass is 31.2. The Morgan fingerprint density at radius 1 is 0.517 bits per heavy atom. The summed E-state index contributed by atoms with van der Waals surface area (Å²) in [5.74, 6) is -0.796. The molecule has 60 heavy (non-hydrogen) atoms. The van der Waals surface area contributed by atoms with Gasteiger partial charge in [0.05, 0.1) is 27.7 Å². The average molecular weight is 871 g/mol. The maximum atomic E-state index is 12.7. The lowest BCUT2D eigenvalue weighted by atomic mass is 10.0. The van der Waals surface area contributed by atoms with E-state index in [-0.39, 0.29) is 25.6 Å². The molecule has 10 heteroatoms. The minimum atomic E-state index is -4.37. The summed E-state index contributed by atoms with van der Waals surface area (Å²) in [6.45, 7) is 4.39. The van der Waals surface area contributed by atoms with Gasteiger partial charge in [0, 0.05) is 12.8 Å². The molecule has 0 rings (SSSR count). The number of quaternary nitrogens is 1. The molecule has 0 aromatic heterocycles. The van der Waals surface area contributed by atoms with Crippen molar-refractivity contribution in [3.63, 3.8) is 0 Å². The van der Waals surface area contributed by atoms with Gasteiger partial charge in [-0.1, -0.05) is 199 Å². The summed E-state index contributed by atoms with van der Waals surface area (Å²) < 4.78 is 34.2. The van der Waals surface area contributed by atoms with Crippen molar-refractivity contribution in [2.75, 3.05) is 47.5 Å². The van der Waals surface area contributed by atoms with Crippen molar-refractivity contribution in [2.45, 2.75) is 238 Å². The SMILES string of the molecule is CCCCCCC/C=C\C/C=C\CCCCCCCCCCCCCCCCCCCC(=O)OC(COC(=O)CCCCCCCCC)COP(=O)(O)OCC[N+](C)(C)C. The van der Waals surface area contributed by atoms with Crippen LogP contribution in [0.1, 0.15) is 232 Å². The normalized spacial score (nSPS) is 13.6. The topological polar surface area (TPSA) is 108 Å². The zero-order chi connectivity index (χ0) is 44.3. The quantitative estimate of drug-likeness (QED) is 0.0212. The number of likely N-dealkylation sites (N-methyl/N-ethyl adjacent to an activating group) is 1. The summed E-state index contributed by atoms with van der Waals surface area (Å²) in [6, 6.07) is 0.